The fourth-order valence-electron chi connectivity index (χ4n) is 1.42. The number of ether oxygens (including phenoxy) is 1. The van der Waals surface area contributed by atoms with Gasteiger partial charge in [-0.25, -0.2) is 0 Å². The summed E-state index contributed by atoms with van der Waals surface area (Å²) in [4.78, 5) is 0. The van der Waals surface area contributed by atoms with Gasteiger partial charge in [0.1, 0.15) is 11.9 Å². The van der Waals surface area contributed by atoms with E-state index in [-0.39, 0.29) is 6.10 Å². The van der Waals surface area contributed by atoms with Crippen molar-refractivity contribution < 1.29 is 4.74 Å². The predicted octanol–water partition coefficient (Wildman–Crippen LogP) is 3.18. The zero-order chi connectivity index (χ0) is 12.0. The van der Waals surface area contributed by atoms with Gasteiger partial charge in [-0.1, -0.05) is 35.7 Å². The lowest BCUT2D eigenvalue weighted by atomic mass is 10.2. The number of nitrogen functional groups attached to an aromatic ring is 2. The van der Waals surface area contributed by atoms with Crippen molar-refractivity contribution in [3.63, 3.8) is 0 Å². The van der Waals surface area contributed by atoms with Crippen LogP contribution in [0.25, 0.3) is 0 Å². The van der Waals surface area contributed by atoms with Crippen LogP contribution >= 0.6 is 15.9 Å². The summed E-state index contributed by atoms with van der Waals surface area (Å²) in [5.74, 6) is 0.784. The van der Waals surface area contributed by atoms with Crippen molar-refractivity contribution >= 4 is 27.3 Å². The van der Waals surface area contributed by atoms with Gasteiger partial charge >= 0.3 is 0 Å². The van der Waals surface area contributed by atoms with Gasteiger partial charge in [-0.3, -0.25) is 0 Å². The first-order valence-electron chi connectivity index (χ1n) is 5.55. The molecule has 0 aromatic heterocycles. The minimum absolute atomic E-state index is 0.197. The van der Waals surface area contributed by atoms with Crippen LogP contribution in [-0.4, -0.2) is 11.4 Å². The van der Waals surface area contributed by atoms with Crippen molar-refractivity contribution in [3.05, 3.63) is 18.2 Å². The molecule has 3 nitrogen and oxygen atoms in total. The fraction of sp³-hybridized carbons (Fsp3) is 0.500. The summed E-state index contributed by atoms with van der Waals surface area (Å²) in [7, 11) is 0. The normalized spacial score (nSPS) is 12.4. The van der Waals surface area contributed by atoms with Crippen LogP contribution in [0, 0.1) is 0 Å². The quantitative estimate of drug-likeness (QED) is 0.624. The Morgan fingerprint density at radius 3 is 2.62 bits per heavy atom. The summed E-state index contributed by atoms with van der Waals surface area (Å²) in [6, 6.07) is 5.40. The van der Waals surface area contributed by atoms with Crippen molar-refractivity contribution in [1.82, 2.24) is 0 Å². The van der Waals surface area contributed by atoms with E-state index < -0.39 is 0 Å². The van der Waals surface area contributed by atoms with E-state index in [1.165, 1.54) is 12.8 Å². The lowest BCUT2D eigenvalue weighted by Gasteiger charge is -2.17. The number of hydrogen-bond acceptors (Lipinski definition) is 3. The molecule has 1 aromatic carbocycles. The Hall–Kier alpha value is -0.900. The maximum absolute atomic E-state index is 5.82. The molecular formula is C12H19BrN2O. The third-order valence-electron chi connectivity index (χ3n) is 2.41. The van der Waals surface area contributed by atoms with Crippen LogP contribution in [0.2, 0.25) is 0 Å². The third-order valence-corrected chi connectivity index (χ3v) is 3.13. The predicted molar refractivity (Wildman–Crippen MR) is 73.0 cm³/mol. The second kappa shape index (κ2) is 6.63. The van der Waals surface area contributed by atoms with Gasteiger partial charge in [0.15, 0.2) is 0 Å². The molecule has 0 saturated heterocycles. The van der Waals surface area contributed by atoms with Gasteiger partial charge in [0.25, 0.3) is 0 Å². The van der Waals surface area contributed by atoms with Gasteiger partial charge in [0, 0.05) is 11.4 Å². The maximum Gasteiger partial charge on any atom is 0.121 e. The number of unbranched alkanes of at least 4 members (excludes halogenated alkanes) is 1. The van der Waals surface area contributed by atoms with E-state index in [9.17, 15) is 0 Å². The molecule has 4 heteroatoms. The number of nitrogens with two attached hydrogens (primary N) is 2. The molecule has 4 N–H and O–H groups in total. The van der Waals surface area contributed by atoms with Crippen LogP contribution in [0.15, 0.2) is 18.2 Å². The summed E-state index contributed by atoms with van der Waals surface area (Å²) in [6.07, 6.45) is 3.59. The molecular weight excluding hydrogens is 268 g/mol. The van der Waals surface area contributed by atoms with E-state index in [0.717, 1.165) is 17.5 Å². The Morgan fingerprint density at radius 1 is 1.31 bits per heavy atom. The monoisotopic (exact) mass is 286 g/mol. The lowest BCUT2D eigenvalue weighted by molar-refractivity contribution is 0.213. The van der Waals surface area contributed by atoms with Crippen molar-refractivity contribution in [2.45, 2.75) is 32.3 Å². The fourth-order valence-corrected chi connectivity index (χ4v) is 1.87. The van der Waals surface area contributed by atoms with Gasteiger partial charge in [0.05, 0.1) is 11.4 Å². The van der Waals surface area contributed by atoms with Crippen LogP contribution in [0.3, 0.4) is 0 Å². The van der Waals surface area contributed by atoms with Crippen molar-refractivity contribution in [3.8, 4) is 5.75 Å². The molecule has 16 heavy (non-hydrogen) atoms. The Kier molecular flexibility index (Phi) is 5.46. The molecule has 0 amide bonds. The van der Waals surface area contributed by atoms with E-state index in [1.54, 1.807) is 12.1 Å². The number of rotatable bonds is 6. The molecule has 0 saturated carbocycles. The molecule has 0 aliphatic heterocycles. The van der Waals surface area contributed by atoms with Crippen LogP contribution in [0.5, 0.6) is 5.75 Å². The zero-order valence-corrected chi connectivity index (χ0v) is 11.2. The second-order valence-corrected chi connectivity index (χ2v) is 4.47. The molecule has 0 radical (unpaired) electrons. The molecule has 0 heterocycles. The molecule has 0 bridgehead atoms. The average Bonchev–Trinajstić information content (AvgIpc) is 2.29. The zero-order valence-electron chi connectivity index (χ0n) is 9.58. The highest BCUT2D eigenvalue weighted by atomic mass is 79.9. The molecule has 0 aliphatic rings. The molecule has 0 fully saturated rings. The summed E-state index contributed by atoms with van der Waals surface area (Å²) in [6.45, 7) is 2.17. The Morgan fingerprint density at radius 2 is 2.06 bits per heavy atom. The Balaban J connectivity index is 2.59. The van der Waals surface area contributed by atoms with Gasteiger partial charge in [-0.2, -0.15) is 0 Å². The van der Waals surface area contributed by atoms with Crippen molar-refractivity contribution in [2.75, 3.05) is 16.8 Å². The number of alkyl halides is 1. The molecule has 0 aliphatic carbocycles. The van der Waals surface area contributed by atoms with Gasteiger partial charge < -0.3 is 16.2 Å². The molecule has 1 rings (SSSR count). The smallest absolute Gasteiger partial charge is 0.121 e. The summed E-state index contributed by atoms with van der Waals surface area (Å²) >= 11 is 3.46. The minimum atomic E-state index is 0.197. The van der Waals surface area contributed by atoms with Crippen LogP contribution in [0.4, 0.5) is 11.4 Å². The van der Waals surface area contributed by atoms with Crippen LogP contribution in [-0.2, 0) is 0 Å². The number of benzene rings is 1. The minimum Gasteiger partial charge on any atom is -0.489 e. The van der Waals surface area contributed by atoms with Gasteiger partial charge in [-0.15, -0.1) is 0 Å². The highest BCUT2D eigenvalue weighted by Crippen LogP contribution is 2.23. The van der Waals surface area contributed by atoms with Crippen LogP contribution in [0.1, 0.15) is 26.2 Å². The van der Waals surface area contributed by atoms with E-state index >= 15 is 0 Å². The Bertz CT molecular complexity index is 331. The topological polar surface area (TPSA) is 61.3 Å². The van der Waals surface area contributed by atoms with Gasteiger partial charge in [-0.05, 0) is 18.6 Å². The molecule has 1 atom stereocenters. The summed E-state index contributed by atoms with van der Waals surface area (Å²) in [5.41, 5.74) is 12.5. The molecule has 1 unspecified atom stereocenters. The van der Waals surface area contributed by atoms with Crippen LogP contribution < -0.4 is 16.2 Å². The lowest BCUT2D eigenvalue weighted by Crippen LogP contribution is -2.18. The summed E-state index contributed by atoms with van der Waals surface area (Å²) in [5, 5.41) is 0.831. The number of anilines is 2. The first-order valence-corrected chi connectivity index (χ1v) is 6.67. The van der Waals surface area contributed by atoms with E-state index in [4.69, 9.17) is 16.2 Å². The molecule has 90 valence electrons. The SMILES string of the molecule is CCCCC(CBr)Oc1ccc(N)c(N)c1. The van der Waals surface area contributed by atoms with Gasteiger partial charge in [0.2, 0.25) is 0 Å². The third kappa shape index (κ3) is 3.93. The van der Waals surface area contributed by atoms with E-state index in [1.807, 2.05) is 6.07 Å². The second-order valence-electron chi connectivity index (χ2n) is 3.83. The van der Waals surface area contributed by atoms with E-state index in [0.29, 0.717) is 11.4 Å². The first-order chi connectivity index (χ1) is 7.67. The summed E-state index contributed by atoms with van der Waals surface area (Å²) < 4.78 is 5.82. The van der Waals surface area contributed by atoms with E-state index in [2.05, 4.69) is 22.9 Å². The average molecular weight is 287 g/mol. The maximum atomic E-state index is 5.82. The van der Waals surface area contributed by atoms with Crippen molar-refractivity contribution in [2.24, 2.45) is 0 Å². The Labute approximate surface area is 105 Å². The number of hydrogen-bond donors (Lipinski definition) is 2. The highest BCUT2D eigenvalue weighted by molar-refractivity contribution is 9.09. The standard InChI is InChI=1S/C12H19BrN2O/c1-2-3-4-10(8-13)16-9-5-6-11(14)12(15)7-9/h5-7,10H,2-4,8,14-15H2,1H3. The number of halogens is 1. The molecule has 1 aromatic rings. The molecule has 0 spiro atoms. The van der Waals surface area contributed by atoms with Crippen molar-refractivity contribution in [1.29, 1.82) is 0 Å². The first kappa shape index (κ1) is 13.2. The highest BCUT2D eigenvalue weighted by Gasteiger charge is 2.08. The largest absolute Gasteiger partial charge is 0.489 e.